The van der Waals surface area contributed by atoms with Gasteiger partial charge in [0.1, 0.15) is 46.6 Å². The lowest BCUT2D eigenvalue weighted by molar-refractivity contribution is 0.0445. The predicted molar refractivity (Wildman–Crippen MR) is 172 cm³/mol. The molecule has 15 heteroatoms. The van der Waals surface area contributed by atoms with Gasteiger partial charge in [0.25, 0.3) is 0 Å². The van der Waals surface area contributed by atoms with E-state index in [-0.39, 0.29) is 61.5 Å². The van der Waals surface area contributed by atoms with Gasteiger partial charge in [-0.25, -0.2) is 18.0 Å². The molecule has 10 nitrogen and oxygen atoms in total. The highest BCUT2D eigenvalue weighted by molar-refractivity contribution is 7.23. The Hall–Kier alpha value is -4.06. The number of hydrogen-bond acceptors (Lipinski definition) is 10. The number of rotatable bonds is 5. The van der Waals surface area contributed by atoms with Crippen LogP contribution in [0.1, 0.15) is 37.7 Å². The molecule has 3 atom stereocenters. The van der Waals surface area contributed by atoms with Gasteiger partial charge in [-0.3, -0.25) is 4.90 Å². The van der Waals surface area contributed by atoms with Crippen molar-refractivity contribution in [3.8, 4) is 23.2 Å². The van der Waals surface area contributed by atoms with Gasteiger partial charge in [0.2, 0.25) is 0 Å². The van der Waals surface area contributed by atoms with E-state index in [1.165, 1.54) is 12.1 Å². The van der Waals surface area contributed by atoms with Gasteiger partial charge < -0.3 is 25.4 Å². The Morgan fingerprint density at radius 2 is 2.09 bits per heavy atom. The number of carbonyl (C=O) groups is 1. The van der Waals surface area contributed by atoms with Crippen LogP contribution in [-0.2, 0) is 4.74 Å². The number of amides is 1. The molecule has 3 N–H and O–H groups in total. The minimum absolute atomic E-state index is 0.00352. The molecule has 0 bridgehead atoms. The number of benzene rings is 2. The van der Waals surface area contributed by atoms with Gasteiger partial charge in [-0.2, -0.15) is 15.2 Å². The van der Waals surface area contributed by atoms with Gasteiger partial charge in [-0.1, -0.05) is 17.7 Å². The molecule has 4 saturated heterocycles. The number of thiophene rings is 1. The number of fused-ring (bicyclic) bond motifs is 3. The molecule has 1 amide bonds. The number of alkyl halides is 1. The van der Waals surface area contributed by atoms with Gasteiger partial charge in [0, 0.05) is 35.8 Å². The first kappa shape index (κ1) is 30.3. The van der Waals surface area contributed by atoms with Gasteiger partial charge in [-0.15, -0.1) is 11.3 Å². The van der Waals surface area contributed by atoms with Crippen molar-refractivity contribution in [2.75, 3.05) is 50.0 Å². The minimum atomic E-state index is -0.960. The molecule has 2 aromatic heterocycles. The molecule has 6 heterocycles. The molecule has 4 aromatic rings. The Labute approximate surface area is 276 Å². The number of nitrogen functional groups attached to an aromatic ring is 1. The number of piperidine rings is 1. The molecular weight excluding hydrogens is 655 g/mol. The van der Waals surface area contributed by atoms with E-state index in [0.717, 1.165) is 30.7 Å². The average molecular weight is 684 g/mol. The Morgan fingerprint density at radius 3 is 2.87 bits per heavy atom. The first-order valence-electron chi connectivity index (χ1n) is 15.4. The molecule has 0 aliphatic carbocycles. The van der Waals surface area contributed by atoms with E-state index < -0.39 is 35.0 Å². The van der Waals surface area contributed by atoms with Crippen LogP contribution in [-0.4, -0.2) is 77.6 Å². The lowest BCUT2D eigenvalue weighted by Crippen LogP contribution is -2.51. The Bertz CT molecular complexity index is 2020. The third kappa shape index (κ3) is 4.81. The van der Waals surface area contributed by atoms with Crippen LogP contribution in [0.25, 0.3) is 32.1 Å². The third-order valence-corrected chi connectivity index (χ3v) is 11.3. The van der Waals surface area contributed by atoms with Crippen molar-refractivity contribution in [3.63, 3.8) is 0 Å². The van der Waals surface area contributed by atoms with E-state index in [0.29, 0.717) is 50.1 Å². The Kier molecular flexibility index (Phi) is 7.09. The second-order valence-electron chi connectivity index (χ2n) is 12.8. The summed E-state index contributed by atoms with van der Waals surface area (Å²) in [4.78, 5) is 25.3. The zero-order chi connectivity index (χ0) is 32.7. The Morgan fingerprint density at radius 1 is 1.26 bits per heavy atom. The monoisotopic (exact) mass is 683 g/mol. The average Bonchev–Trinajstić information content (AvgIpc) is 3.78. The van der Waals surface area contributed by atoms with Gasteiger partial charge >= 0.3 is 12.1 Å². The zero-order valence-electron chi connectivity index (χ0n) is 25.0. The molecule has 4 aliphatic heterocycles. The highest BCUT2D eigenvalue weighted by Crippen LogP contribution is 2.46. The van der Waals surface area contributed by atoms with Crippen molar-refractivity contribution in [3.05, 3.63) is 40.4 Å². The topological polar surface area (TPSA) is 130 Å². The SMILES string of the molecule is N#Cc1c(N)sc2c(F)ccc(-c3c(Cl)cc4c(N5CCCC6(CNC(=O)O6)C5)nc(OC[C@@]56CCCN5C[C@H](F)C6)nc4c3F)c12. The van der Waals surface area contributed by atoms with Crippen molar-refractivity contribution in [2.45, 2.75) is 49.4 Å². The summed E-state index contributed by atoms with van der Waals surface area (Å²) in [5, 5.41) is 13.1. The van der Waals surface area contributed by atoms with Crippen molar-refractivity contribution < 1.29 is 27.4 Å². The molecule has 2 aromatic carbocycles. The lowest BCUT2D eigenvalue weighted by Gasteiger charge is -2.39. The maximum Gasteiger partial charge on any atom is 0.407 e. The lowest BCUT2D eigenvalue weighted by atomic mass is 9.92. The van der Waals surface area contributed by atoms with Crippen molar-refractivity contribution in [1.29, 1.82) is 5.26 Å². The molecular formula is C32H29ClF3N7O3S. The van der Waals surface area contributed by atoms with E-state index in [1.54, 1.807) is 6.07 Å². The predicted octanol–water partition coefficient (Wildman–Crippen LogP) is 5.93. The number of nitrogens with one attached hydrogen (secondary N) is 1. The van der Waals surface area contributed by atoms with Crippen LogP contribution < -0.4 is 20.7 Å². The van der Waals surface area contributed by atoms with E-state index >= 15 is 4.39 Å². The van der Waals surface area contributed by atoms with E-state index in [9.17, 15) is 18.8 Å². The van der Waals surface area contributed by atoms with Crippen molar-refractivity contribution in [2.24, 2.45) is 0 Å². The van der Waals surface area contributed by atoms with Gasteiger partial charge in [-0.05, 0) is 49.9 Å². The molecule has 0 radical (unpaired) electrons. The highest BCUT2D eigenvalue weighted by atomic mass is 35.5. The largest absolute Gasteiger partial charge is 0.461 e. The molecule has 244 valence electrons. The van der Waals surface area contributed by atoms with Crippen molar-refractivity contribution >= 4 is 60.8 Å². The summed E-state index contributed by atoms with van der Waals surface area (Å²) in [5.74, 6) is -1.06. The fourth-order valence-electron chi connectivity index (χ4n) is 7.88. The summed E-state index contributed by atoms with van der Waals surface area (Å²) in [5.41, 5.74) is 4.83. The van der Waals surface area contributed by atoms with E-state index in [1.807, 2.05) is 11.0 Å². The molecule has 4 aliphatic rings. The molecule has 47 heavy (non-hydrogen) atoms. The quantitative estimate of drug-likeness (QED) is 0.263. The summed E-state index contributed by atoms with van der Waals surface area (Å²) >= 11 is 7.73. The molecule has 4 fully saturated rings. The van der Waals surface area contributed by atoms with Crippen LogP contribution in [0.2, 0.25) is 5.02 Å². The maximum absolute atomic E-state index is 17.0. The summed E-state index contributed by atoms with van der Waals surface area (Å²) in [6.07, 6.45) is 1.87. The minimum Gasteiger partial charge on any atom is -0.461 e. The van der Waals surface area contributed by atoms with Crippen LogP contribution >= 0.6 is 22.9 Å². The summed E-state index contributed by atoms with van der Waals surface area (Å²) in [6.45, 7) is 2.39. The number of nitrogens with zero attached hydrogens (tertiary/aromatic N) is 5. The number of nitrogens with two attached hydrogens (primary N) is 1. The highest BCUT2D eigenvalue weighted by Gasteiger charge is 2.49. The number of alkyl carbamates (subject to hydrolysis) is 1. The Balaban J connectivity index is 1.28. The van der Waals surface area contributed by atoms with Crippen LogP contribution in [0, 0.1) is 23.0 Å². The maximum atomic E-state index is 17.0. The molecule has 1 spiro atoms. The third-order valence-electron chi connectivity index (χ3n) is 9.98. The number of anilines is 2. The van der Waals surface area contributed by atoms with Crippen LogP contribution in [0.5, 0.6) is 6.01 Å². The number of nitriles is 1. The van der Waals surface area contributed by atoms with Gasteiger partial charge in [0.15, 0.2) is 5.82 Å². The summed E-state index contributed by atoms with van der Waals surface area (Å²) < 4.78 is 58.4. The van der Waals surface area contributed by atoms with Crippen molar-refractivity contribution in [1.82, 2.24) is 20.2 Å². The second kappa shape index (κ2) is 11.0. The first-order valence-corrected chi connectivity index (χ1v) is 16.6. The fourth-order valence-corrected chi connectivity index (χ4v) is 9.12. The van der Waals surface area contributed by atoms with Crippen LogP contribution in [0.15, 0.2) is 18.2 Å². The summed E-state index contributed by atoms with van der Waals surface area (Å²) in [7, 11) is 0. The molecule has 8 rings (SSSR count). The number of halogens is 4. The number of carbonyl (C=O) groups excluding carboxylic acids is 1. The second-order valence-corrected chi connectivity index (χ2v) is 14.3. The van der Waals surface area contributed by atoms with E-state index in [2.05, 4.69) is 15.2 Å². The van der Waals surface area contributed by atoms with E-state index in [4.69, 9.17) is 31.8 Å². The van der Waals surface area contributed by atoms with Crippen LogP contribution in [0.3, 0.4) is 0 Å². The molecule has 1 unspecified atom stereocenters. The zero-order valence-corrected chi connectivity index (χ0v) is 26.6. The smallest absolute Gasteiger partial charge is 0.407 e. The standard InChI is InChI=1S/C32H29ClF3N7O3S/c33-20-9-18-25(24(36)23(20)17-3-4-21(35)26-22(17)19(11-37)27(38)47-26)40-29(45-15-31-5-1-8-43(31)12-16(34)10-31)41-28(18)42-7-2-6-32(14-42)13-39-30(44)46-32/h3-4,9,16H,1-2,5-8,10,12-15,38H2,(H,39,44)/t16-,31+,32?/m1/s1. The number of aromatic nitrogens is 2. The van der Waals surface area contributed by atoms with Crippen LogP contribution in [0.4, 0.5) is 28.8 Å². The fraction of sp³-hybridized carbons (Fsp3) is 0.438. The first-order chi connectivity index (χ1) is 22.6. The number of ether oxygens (including phenoxy) is 2. The molecule has 0 saturated carbocycles. The normalized spacial score (nSPS) is 25.8. The summed E-state index contributed by atoms with van der Waals surface area (Å²) in [6, 6.07) is 6.03. The number of hydrogen-bond donors (Lipinski definition) is 2. The van der Waals surface area contributed by atoms with Gasteiger partial charge in [0.05, 0.1) is 33.9 Å².